The second-order valence-electron chi connectivity index (χ2n) is 7.59. The Morgan fingerprint density at radius 3 is 2.52 bits per heavy atom. The third-order valence-corrected chi connectivity index (χ3v) is 6.83. The molecule has 0 bridgehead atoms. The molecule has 0 saturated carbocycles. The molecule has 29 heavy (non-hydrogen) atoms. The van der Waals surface area contributed by atoms with Crippen LogP contribution < -0.4 is 4.72 Å². The molecule has 7 nitrogen and oxygen atoms in total. The monoisotopic (exact) mass is 418 g/mol. The van der Waals surface area contributed by atoms with Crippen LogP contribution in [0.2, 0.25) is 0 Å². The first-order valence-corrected chi connectivity index (χ1v) is 11.0. The highest BCUT2D eigenvalue weighted by Crippen LogP contribution is 2.39. The van der Waals surface area contributed by atoms with E-state index in [1.165, 1.54) is 12.1 Å². The lowest BCUT2D eigenvalue weighted by Gasteiger charge is -2.39. The number of amidine groups is 1. The summed E-state index contributed by atoms with van der Waals surface area (Å²) in [4.78, 5) is 4.36. The molecule has 0 radical (unpaired) electrons. The second-order valence-corrected chi connectivity index (χ2v) is 9.36. The molecule has 1 heterocycles. The van der Waals surface area contributed by atoms with Gasteiger partial charge in [0.25, 0.3) is 6.02 Å². The maximum absolute atomic E-state index is 13.0. The summed E-state index contributed by atoms with van der Waals surface area (Å²) in [6, 6.07) is 15.7. The number of nitrogens with zero attached hydrogens (tertiary/aromatic N) is 1. The number of benzene rings is 2. The summed E-state index contributed by atoms with van der Waals surface area (Å²) in [6.45, 7) is 3.63. The summed E-state index contributed by atoms with van der Waals surface area (Å²) < 4.78 is 34.3. The molecule has 1 fully saturated rings. The standard InChI is InChI=1S/C21H26N2O5S/c1-21(2)19(16-9-6-10-18(25)13-16)29(26,27)23-20(28-21)22-14-17(11-12-24)15-7-4-3-5-8-15/h3-10,13,17,19,24-25H,11-12,14H2,1-2H3,(H,22,23). The van der Waals surface area contributed by atoms with Gasteiger partial charge in [-0.1, -0.05) is 42.5 Å². The van der Waals surface area contributed by atoms with Crippen LogP contribution in [0.25, 0.3) is 0 Å². The number of phenols is 1. The van der Waals surface area contributed by atoms with E-state index in [0.717, 1.165) is 5.56 Å². The number of rotatable bonds is 6. The first-order valence-electron chi connectivity index (χ1n) is 9.43. The Bertz CT molecular complexity index is 974. The molecule has 2 aromatic carbocycles. The highest BCUT2D eigenvalue weighted by Gasteiger charge is 2.48. The zero-order valence-corrected chi connectivity index (χ0v) is 17.3. The lowest BCUT2D eigenvalue weighted by molar-refractivity contribution is 0.0764. The number of nitrogens with one attached hydrogen (secondary N) is 1. The van der Waals surface area contributed by atoms with Crippen LogP contribution in [-0.2, 0) is 14.8 Å². The Labute approximate surface area is 171 Å². The smallest absolute Gasteiger partial charge is 0.299 e. The van der Waals surface area contributed by atoms with Gasteiger partial charge >= 0.3 is 0 Å². The van der Waals surface area contributed by atoms with E-state index in [4.69, 9.17) is 4.74 Å². The first kappa shape index (κ1) is 21.1. The van der Waals surface area contributed by atoms with Crippen molar-refractivity contribution in [3.05, 3.63) is 65.7 Å². The predicted molar refractivity (Wildman–Crippen MR) is 111 cm³/mol. The molecular formula is C21H26N2O5S. The largest absolute Gasteiger partial charge is 0.508 e. The zero-order chi connectivity index (χ0) is 21.1. The lowest BCUT2D eigenvalue weighted by atomic mass is 9.96. The van der Waals surface area contributed by atoms with Gasteiger partial charge in [0.1, 0.15) is 16.6 Å². The van der Waals surface area contributed by atoms with E-state index >= 15 is 0 Å². The summed E-state index contributed by atoms with van der Waals surface area (Å²) >= 11 is 0. The fourth-order valence-electron chi connectivity index (χ4n) is 3.65. The van der Waals surface area contributed by atoms with Crippen LogP contribution in [0.1, 0.15) is 42.6 Å². The number of aliphatic hydroxyl groups excluding tert-OH is 1. The number of aliphatic imine (C=N–C) groups is 1. The van der Waals surface area contributed by atoms with Gasteiger partial charge in [-0.2, -0.15) is 0 Å². The fraction of sp³-hybridized carbons (Fsp3) is 0.381. The number of phenolic OH excluding ortho intramolecular Hbond substituents is 1. The molecule has 2 unspecified atom stereocenters. The average molecular weight is 419 g/mol. The van der Waals surface area contributed by atoms with E-state index < -0.39 is 20.9 Å². The Hall–Kier alpha value is -2.58. The average Bonchev–Trinajstić information content (AvgIpc) is 2.64. The number of sulfonamides is 1. The summed E-state index contributed by atoms with van der Waals surface area (Å²) in [5.41, 5.74) is 0.348. The molecule has 3 rings (SSSR count). The van der Waals surface area contributed by atoms with Crippen LogP contribution in [0.3, 0.4) is 0 Å². The molecule has 2 aromatic rings. The Kier molecular flexibility index (Phi) is 6.14. The van der Waals surface area contributed by atoms with Gasteiger partial charge in [0, 0.05) is 12.5 Å². The molecule has 1 aliphatic heterocycles. The van der Waals surface area contributed by atoms with Crippen LogP contribution in [-0.4, -0.2) is 43.4 Å². The van der Waals surface area contributed by atoms with E-state index in [2.05, 4.69) is 9.71 Å². The van der Waals surface area contributed by atoms with Gasteiger partial charge < -0.3 is 14.9 Å². The normalized spacial score (nSPS) is 22.4. The first-order chi connectivity index (χ1) is 13.7. The number of hydrogen-bond donors (Lipinski definition) is 3. The summed E-state index contributed by atoms with van der Waals surface area (Å²) in [5, 5.41) is 18.1. The summed E-state index contributed by atoms with van der Waals surface area (Å²) in [7, 11) is -3.84. The van der Waals surface area contributed by atoms with E-state index in [1.807, 2.05) is 30.3 Å². The van der Waals surface area contributed by atoms with E-state index in [-0.39, 0.29) is 30.8 Å². The van der Waals surface area contributed by atoms with E-state index in [9.17, 15) is 18.6 Å². The van der Waals surface area contributed by atoms with Gasteiger partial charge in [-0.15, -0.1) is 0 Å². The Morgan fingerprint density at radius 2 is 1.90 bits per heavy atom. The van der Waals surface area contributed by atoms with Gasteiger partial charge in [-0.3, -0.25) is 0 Å². The molecular weight excluding hydrogens is 392 g/mol. The van der Waals surface area contributed by atoms with Gasteiger partial charge in [-0.05, 0) is 43.5 Å². The van der Waals surface area contributed by atoms with Crippen LogP contribution in [0.5, 0.6) is 5.75 Å². The molecule has 2 atom stereocenters. The van der Waals surface area contributed by atoms with Crippen molar-refractivity contribution >= 4 is 16.0 Å². The Morgan fingerprint density at radius 1 is 1.17 bits per heavy atom. The van der Waals surface area contributed by atoms with Crippen LogP contribution >= 0.6 is 0 Å². The minimum absolute atomic E-state index is 0.00205. The molecule has 0 aromatic heterocycles. The van der Waals surface area contributed by atoms with Crippen molar-refractivity contribution in [1.29, 1.82) is 0 Å². The van der Waals surface area contributed by atoms with Crippen molar-refractivity contribution in [3.63, 3.8) is 0 Å². The Balaban J connectivity index is 1.85. The summed E-state index contributed by atoms with van der Waals surface area (Å²) in [6.07, 6.45) is 0.503. The molecule has 1 saturated heterocycles. The fourth-order valence-corrected chi connectivity index (χ4v) is 5.42. The maximum Gasteiger partial charge on any atom is 0.299 e. The molecule has 1 aliphatic rings. The van der Waals surface area contributed by atoms with Crippen LogP contribution in [0.15, 0.2) is 59.6 Å². The molecule has 156 valence electrons. The van der Waals surface area contributed by atoms with Gasteiger partial charge in [0.05, 0.1) is 6.54 Å². The minimum atomic E-state index is -3.84. The van der Waals surface area contributed by atoms with Crippen molar-refractivity contribution in [2.75, 3.05) is 13.2 Å². The maximum atomic E-state index is 13.0. The number of hydrogen-bond acceptors (Lipinski definition) is 6. The van der Waals surface area contributed by atoms with Gasteiger partial charge in [0.2, 0.25) is 10.0 Å². The van der Waals surface area contributed by atoms with Crippen molar-refractivity contribution < 1.29 is 23.4 Å². The van der Waals surface area contributed by atoms with Crippen molar-refractivity contribution in [2.45, 2.75) is 37.0 Å². The van der Waals surface area contributed by atoms with E-state index in [1.54, 1.807) is 26.0 Å². The lowest BCUT2D eigenvalue weighted by Crippen LogP contribution is -2.53. The molecule has 0 amide bonds. The quantitative estimate of drug-likeness (QED) is 0.668. The highest BCUT2D eigenvalue weighted by molar-refractivity contribution is 7.90. The van der Waals surface area contributed by atoms with Crippen LogP contribution in [0.4, 0.5) is 0 Å². The molecule has 8 heteroatoms. The van der Waals surface area contributed by atoms with Crippen molar-refractivity contribution in [1.82, 2.24) is 4.72 Å². The second kappa shape index (κ2) is 8.42. The SMILES string of the molecule is CC1(C)OC(=NCC(CCO)c2ccccc2)NS(=O)(=O)C1c1cccc(O)c1. The minimum Gasteiger partial charge on any atom is -0.508 e. The predicted octanol–water partition coefficient (Wildman–Crippen LogP) is 2.68. The summed E-state index contributed by atoms with van der Waals surface area (Å²) in [5.74, 6) is -0.0728. The zero-order valence-electron chi connectivity index (χ0n) is 16.4. The van der Waals surface area contributed by atoms with Crippen LogP contribution in [0, 0.1) is 0 Å². The number of aliphatic hydroxyl groups is 1. The topological polar surface area (TPSA) is 108 Å². The third kappa shape index (κ3) is 4.89. The van der Waals surface area contributed by atoms with E-state index in [0.29, 0.717) is 12.0 Å². The number of aromatic hydroxyl groups is 1. The molecule has 3 N–H and O–H groups in total. The van der Waals surface area contributed by atoms with Gasteiger partial charge in [0.15, 0.2) is 0 Å². The van der Waals surface area contributed by atoms with Gasteiger partial charge in [-0.25, -0.2) is 18.1 Å². The highest BCUT2D eigenvalue weighted by atomic mass is 32.2. The van der Waals surface area contributed by atoms with Crippen molar-refractivity contribution in [3.8, 4) is 5.75 Å². The third-order valence-electron chi connectivity index (χ3n) is 4.91. The number of ether oxygens (including phenoxy) is 1. The molecule has 0 aliphatic carbocycles. The van der Waals surface area contributed by atoms with Crippen molar-refractivity contribution in [2.24, 2.45) is 4.99 Å². The molecule has 0 spiro atoms.